The molecule has 0 spiro atoms. The van der Waals surface area contributed by atoms with Gasteiger partial charge in [0.25, 0.3) is 5.69 Å². The maximum atomic E-state index is 11.7. The molecule has 34 heavy (non-hydrogen) atoms. The molecule has 0 radical (unpaired) electrons. The lowest BCUT2D eigenvalue weighted by Crippen LogP contribution is -2.42. The Labute approximate surface area is 197 Å². The number of fused-ring (bicyclic) bond motifs is 1. The van der Waals surface area contributed by atoms with Crippen molar-refractivity contribution >= 4 is 40.0 Å². The summed E-state index contributed by atoms with van der Waals surface area (Å²) >= 11 is 0. The molecular weight excluding hydrogens is 436 g/mol. The second-order valence-corrected chi connectivity index (χ2v) is 8.60. The first-order chi connectivity index (χ1) is 16.3. The molecular formula is C24H28N6O4. The molecule has 1 fully saturated rings. The number of likely N-dealkylation sites (tertiary alicyclic amines) is 1. The molecule has 2 aromatic carbocycles. The van der Waals surface area contributed by atoms with Crippen molar-refractivity contribution < 1.29 is 14.5 Å². The number of anilines is 3. The minimum atomic E-state index is -0.441. The quantitative estimate of drug-likeness (QED) is 0.298. The molecule has 0 saturated carbocycles. The smallest absolute Gasteiger partial charge is 0.337 e. The molecule has 0 aliphatic carbocycles. The fraction of sp³-hybridized carbons (Fsp3) is 0.375. The number of rotatable bonds is 7. The molecule has 1 aliphatic heterocycles. The van der Waals surface area contributed by atoms with Crippen molar-refractivity contribution in [1.82, 2.24) is 14.9 Å². The molecule has 0 atom stereocenters. The van der Waals surface area contributed by atoms with Gasteiger partial charge in [-0.2, -0.15) is 4.98 Å². The predicted molar refractivity (Wildman–Crippen MR) is 131 cm³/mol. The third kappa shape index (κ3) is 5.23. The van der Waals surface area contributed by atoms with Crippen LogP contribution in [0.3, 0.4) is 0 Å². The van der Waals surface area contributed by atoms with Gasteiger partial charge in [-0.1, -0.05) is 0 Å². The molecule has 2 N–H and O–H groups in total. The summed E-state index contributed by atoms with van der Waals surface area (Å²) in [6.45, 7) is 6.42. The van der Waals surface area contributed by atoms with Gasteiger partial charge < -0.3 is 20.3 Å². The minimum absolute atomic E-state index is 0.0399. The lowest BCUT2D eigenvalue weighted by molar-refractivity contribution is -0.384. The summed E-state index contributed by atoms with van der Waals surface area (Å²) in [4.78, 5) is 34.3. The van der Waals surface area contributed by atoms with Crippen molar-refractivity contribution in [1.29, 1.82) is 0 Å². The van der Waals surface area contributed by atoms with Crippen LogP contribution in [0.2, 0.25) is 0 Å². The molecule has 0 bridgehead atoms. The van der Waals surface area contributed by atoms with Crippen LogP contribution in [0, 0.1) is 10.1 Å². The van der Waals surface area contributed by atoms with Gasteiger partial charge in [0.05, 0.1) is 23.1 Å². The molecule has 0 unspecified atom stereocenters. The van der Waals surface area contributed by atoms with E-state index in [0.29, 0.717) is 40.0 Å². The molecule has 10 heteroatoms. The van der Waals surface area contributed by atoms with Crippen molar-refractivity contribution in [2.75, 3.05) is 30.8 Å². The molecule has 178 valence electrons. The number of nitrogens with zero attached hydrogens (tertiary/aromatic N) is 4. The molecule has 1 aromatic heterocycles. The number of benzene rings is 2. The summed E-state index contributed by atoms with van der Waals surface area (Å²) in [5.74, 6) is 0.490. The highest BCUT2D eigenvalue weighted by atomic mass is 16.6. The highest BCUT2D eigenvalue weighted by Crippen LogP contribution is 2.29. The molecule has 1 aliphatic rings. The van der Waals surface area contributed by atoms with E-state index in [0.717, 1.165) is 25.9 Å². The number of aromatic nitrogens is 2. The standard InChI is InChI=1S/C24H28N6O4/c1-15(2)29-12-10-18(11-13-29)26-24-27-21-9-8-19(30(32)33)14-20(21)22(28-24)25-17-6-4-16(5-7-17)23(31)34-3/h4-9,14-15,18H,10-13H2,1-3H3,(H2,25,26,27,28). The van der Waals surface area contributed by atoms with Crippen molar-refractivity contribution in [3.63, 3.8) is 0 Å². The van der Waals surface area contributed by atoms with Gasteiger partial charge in [0.2, 0.25) is 5.95 Å². The normalized spacial score (nSPS) is 14.8. The van der Waals surface area contributed by atoms with Gasteiger partial charge in [-0.15, -0.1) is 0 Å². The van der Waals surface area contributed by atoms with E-state index in [4.69, 9.17) is 4.74 Å². The Morgan fingerprint density at radius 1 is 1.15 bits per heavy atom. The number of ether oxygens (including phenoxy) is 1. The number of nitro groups is 1. The van der Waals surface area contributed by atoms with Crippen molar-refractivity contribution in [3.05, 3.63) is 58.1 Å². The first-order valence-corrected chi connectivity index (χ1v) is 11.3. The first kappa shape index (κ1) is 23.4. The fourth-order valence-electron chi connectivity index (χ4n) is 4.08. The number of nitro benzene ring substituents is 1. The van der Waals surface area contributed by atoms with Gasteiger partial charge in [-0.3, -0.25) is 10.1 Å². The predicted octanol–water partition coefficient (Wildman–Crippen LogP) is 4.35. The van der Waals surface area contributed by atoms with Crippen molar-refractivity contribution in [2.24, 2.45) is 0 Å². The van der Waals surface area contributed by atoms with E-state index in [1.165, 1.54) is 19.2 Å². The summed E-state index contributed by atoms with van der Waals surface area (Å²) < 4.78 is 4.74. The molecule has 4 rings (SSSR count). The van der Waals surface area contributed by atoms with E-state index in [-0.39, 0.29) is 11.7 Å². The van der Waals surface area contributed by atoms with Gasteiger partial charge in [0.1, 0.15) is 5.82 Å². The number of esters is 1. The van der Waals surface area contributed by atoms with E-state index in [1.54, 1.807) is 30.3 Å². The summed E-state index contributed by atoms with van der Waals surface area (Å²) in [6, 6.07) is 12.0. The van der Waals surface area contributed by atoms with Crippen LogP contribution in [0.4, 0.5) is 23.1 Å². The van der Waals surface area contributed by atoms with Crippen LogP contribution in [0.1, 0.15) is 37.0 Å². The average Bonchev–Trinajstić information content (AvgIpc) is 2.84. The van der Waals surface area contributed by atoms with E-state index in [2.05, 4.69) is 39.3 Å². The van der Waals surface area contributed by atoms with Crippen LogP contribution in [-0.4, -0.2) is 58.0 Å². The summed E-state index contributed by atoms with van der Waals surface area (Å²) in [7, 11) is 1.33. The second kappa shape index (κ2) is 10.0. The van der Waals surface area contributed by atoms with E-state index in [9.17, 15) is 14.9 Å². The second-order valence-electron chi connectivity index (χ2n) is 8.60. The van der Waals surface area contributed by atoms with Gasteiger partial charge in [0, 0.05) is 48.4 Å². The maximum absolute atomic E-state index is 11.7. The number of carbonyl (C=O) groups is 1. The zero-order valence-electron chi connectivity index (χ0n) is 19.4. The van der Waals surface area contributed by atoms with Crippen LogP contribution < -0.4 is 10.6 Å². The molecule has 0 amide bonds. The average molecular weight is 465 g/mol. The van der Waals surface area contributed by atoms with Gasteiger partial charge in [-0.05, 0) is 57.0 Å². The Hall–Kier alpha value is -3.79. The first-order valence-electron chi connectivity index (χ1n) is 11.3. The summed E-state index contributed by atoms with van der Waals surface area (Å²) in [5.41, 5.74) is 1.65. The summed E-state index contributed by atoms with van der Waals surface area (Å²) in [5, 5.41) is 18.5. The number of piperidine rings is 1. The lowest BCUT2D eigenvalue weighted by atomic mass is 10.0. The Morgan fingerprint density at radius 3 is 2.47 bits per heavy atom. The van der Waals surface area contributed by atoms with Gasteiger partial charge >= 0.3 is 5.97 Å². The Bertz CT molecular complexity index is 1190. The van der Waals surface area contributed by atoms with Crippen LogP contribution in [0.5, 0.6) is 0 Å². The van der Waals surface area contributed by atoms with Crippen LogP contribution in [-0.2, 0) is 4.74 Å². The minimum Gasteiger partial charge on any atom is -0.465 e. The van der Waals surface area contributed by atoms with Gasteiger partial charge in [0.15, 0.2) is 0 Å². The molecule has 10 nitrogen and oxygen atoms in total. The largest absolute Gasteiger partial charge is 0.465 e. The van der Waals surface area contributed by atoms with E-state index in [1.807, 2.05) is 0 Å². The zero-order chi connectivity index (χ0) is 24.2. The van der Waals surface area contributed by atoms with Gasteiger partial charge in [-0.25, -0.2) is 9.78 Å². The van der Waals surface area contributed by atoms with E-state index >= 15 is 0 Å². The Kier molecular flexibility index (Phi) is 6.87. The van der Waals surface area contributed by atoms with Crippen LogP contribution in [0.15, 0.2) is 42.5 Å². The third-order valence-corrected chi connectivity index (χ3v) is 6.05. The number of methoxy groups -OCH3 is 1. The zero-order valence-corrected chi connectivity index (χ0v) is 19.4. The number of nitrogens with one attached hydrogen (secondary N) is 2. The number of hydrogen-bond acceptors (Lipinski definition) is 9. The third-order valence-electron chi connectivity index (χ3n) is 6.05. The topological polar surface area (TPSA) is 123 Å². The van der Waals surface area contributed by atoms with E-state index < -0.39 is 10.9 Å². The number of carbonyl (C=O) groups excluding carboxylic acids is 1. The molecule has 2 heterocycles. The number of hydrogen-bond donors (Lipinski definition) is 2. The van der Waals surface area contributed by atoms with Crippen LogP contribution in [0.25, 0.3) is 10.9 Å². The molecule has 1 saturated heterocycles. The SMILES string of the molecule is COC(=O)c1ccc(Nc2nc(NC3CCN(C(C)C)CC3)nc3ccc([N+](=O)[O-])cc23)cc1. The van der Waals surface area contributed by atoms with Crippen molar-refractivity contribution in [3.8, 4) is 0 Å². The van der Waals surface area contributed by atoms with Crippen LogP contribution >= 0.6 is 0 Å². The maximum Gasteiger partial charge on any atom is 0.337 e. The van der Waals surface area contributed by atoms with Crippen molar-refractivity contribution in [2.45, 2.75) is 38.8 Å². The lowest BCUT2D eigenvalue weighted by Gasteiger charge is -2.34. The Balaban J connectivity index is 1.63. The fourth-order valence-corrected chi connectivity index (χ4v) is 4.08. The number of non-ortho nitro benzene ring substituents is 1. The molecule has 3 aromatic rings. The monoisotopic (exact) mass is 464 g/mol. The summed E-state index contributed by atoms with van der Waals surface area (Å²) in [6.07, 6.45) is 1.97. The Morgan fingerprint density at radius 2 is 1.85 bits per heavy atom. The highest BCUT2D eigenvalue weighted by molar-refractivity contribution is 5.94. The highest BCUT2D eigenvalue weighted by Gasteiger charge is 2.22.